The number of ketones is 2. The van der Waals surface area contributed by atoms with Gasteiger partial charge < -0.3 is 5.32 Å². The first-order chi connectivity index (χ1) is 12.3. The third-order valence-corrected chi connectivity index (χ3v) is 5.40. The highest BCUT2D eigenvalue weighted by Crippen LogP contribution is 2.48. The van der Waals surface area contributed by atoms with Crippen LogP contribution in [0.2, 0.25) is 0 Å². The molecule has 3 aliphatic rings. The van der Waals surface area contributed by atoms with Crippen LogP contribution in [0, 0.1) is 0 Å². The van der Waals surface area contributed by atoms with Crippen molar-refractivity contribution in [1.29, 1.82) is 0 Å². The molecule has 0 saturated heterocycles. The third-order valence-electron chi connectivity index (χ3n) is 5.40. The SMILES string of the molecule is O=C1CCCC2=C1[C@@H](c1ccccc1)C1=C(N2)c2ccccc2C1=O. The molecule has 3 heteroatoms. The van der Waals surface area contributed by atoms with Crippen molar-refractivity contribution in [1.82, 2.24) is 5.32 Å². The Balaban J connectivity index is 1.77. The summed E-state index contributed by atoms with van der Waals surface area (Å²) < 4.78 is 0. The molecule has 0 fully saturated rings. The Labute approximate surface area is 146 Å². The maximum Gasteiger partial charge on any atom is 0.192 e. The number of benzene rings is 2. The number of hydrogen-bond acceptors (Lipinski definition) is 3. The second-order valence-electron chi connectivity index (χ2n) is 6.80. The van der Waals surface area contributed by atoms with Gasteiger partial charge in [-0.3, -0.25) is 9.59 Å². The Hall–Kier alpha value is -2.94. The summed E-state index contributed by atoms with van der Waals surface area (Å²) in [6, 6.07) is 17.6. The molecule has 2 aromatic carbocycles. The van der Waals surface area contributed by atoms with E-state index in [1.54, 1.807) is 0 Å². The number of nitrogens with one attached hydrogen (secondary N) is 1. The molecule has 1 heterocycles. The van der Waals surface area contributed by atoms with Crippen LogP contribution in [-0.2, 0) is 4.79 Å². The van der Waals surface area contributed by atoms with Gasteiger partial charge in [0, 0.05) is 40.3 Å². The minimum atomic E-state index is -0.264. The lowest BCUT2D eigenvalue weighted by Crippen LogP contribution is -2.31. The zero-order valence-corrected chi connectivity index (χ0v) is 13.7. The van der Waals surface area contributed by atoms with Crippen LogP contribution in [0.4, 0.5) is 0 Å². The van der Waals surface area contributed by atoms with Crippen LogP contribution in [0.5, 0.6) is 0 Å². The van der Waals surface area contributed by atoms with Crippen molar-refractivity contribution in [3.05, 3.63) is 88.1 Å². The normalized spacial score (nSPS) is 21.7. The van der Waals surface area contributed by atoms with Crippen molar-refractivity contribution in [2.45, 2.75) is 25.2 Å². The first-order valence-corrected chi connectivity index (χ1v) is 8.72. The first-order valence-electron chi connectivity index (χ1n) is 8.72. The standard InChI is InChI=1S/C22H17NO2/c24-17-12-6-11-16-19(17)18(13-7-2-1-3-8-13)20-21(23-16)14-9-4-5-10-15(14)22(20)25/h1-5,7-10,18,23H,6,11-12H2/t18-/m1/s1. The lowest BCUT2D eigenvalue weighted by Gasteiger charge is -2.33. The quantitative estimate of drug-likeness (QED) is 0.861. The van der Waals surface area contributed by atoms with E-state index < -0.39 is 0 Å². The van der Waals surface area contributed by atoms with E-state index in [0.29, 0.717) is 6.42 Å². The molecule has 2 aromatic rings. The van der Waals surface area contributed by atoms with Gasteiger partial charge in [0.15, 0.2) is 11.6 Å². The van der Waals surface area contributed by atoms with E-state index in [1.807, 2.05) is 54.6 Å². The number of dihydropyridines is 1. The molecule has 0 spiro atoms. The fourth-order valence-electron chi connectivity index (χ4n) is 4.32. The lowest BCUT2D eigenvalue weighted by molar-refractivity contribution is -0.116. The van der Waals surface area contributed by atoms with E-state index in [0.717, 1.165) is 52.1 Å². The molecule has 1 atom stereocenters. The molecular weight excluding hydrogens is 310 g/mol. The third kappa shape index (κ3) is 1.99. The molecule has 2 aliphatic carbocycles. The highest BCUT2D eigenvalue weighted by atomic mass is 16.1. The Morgan fingerprint density at radius 2 is 1.52 bits per heavy atom. The van der Waals surface area contributed by atoms with Gasteiger partial charge in [-0.25, -0.2) is 0 Å². The fourth-order valence-corrected chi connectivity index (χ4v) is 4.32. The molecule has 5 rings (SSSR count). The predicted octanol–water partition coefficient (Wildman–Crippen LogP) is 3.99. The smallest absolute Gasteiger partial charge is 0.192 e. The van der Waals surface area contributed by atoms with Crippen LogP contribution in [-0.4, -0.2) is 11.6 Å². The average Bonchev–Trinajstić information content (AvgIpc) is 2.94. The minimum Gasteiger partial charge on any atom is -0.358 e. The van der Waals surface area contributed by atoms with Gasteiger partial charge in [-0.2, -0.15) is 0 Å². The summed E-state index contributed by atoms with van der Waals surface area (Å²) in [5.74, 6) is -0.0602. The van der Waals surface area contributed by atoms with Gasteiger partial charge in [0.1, 0.15) is 0 Å². The Morgan fingerprint density at radius 1 is 0.800 bits per heavy atom. The summed E-state index contributed by atoms with van der Waals surface area (Å²) in [5, 5.41) is 3.45. The van der Waals surface area contributed by atoms with Gasteiger partial charge in [0.25, 0.3) is 0 Å². The summed E-state index contributed by atoms with van der Waals surface area (Å²) in [6.45, 7) is 0. The summed E-state index contributed by atoms with van der Waals surface area (Å²) in [6.07, 6.45) is 2.29. The number of carbonyl (C=O) groups excluding carboxylic acids is 2. The van der Waals surface area contributed by atoms with Crippen LogP contribution >= 0.6 is 0 Å². The molecule has 0 radical (unpaired) electrons. The van der Waals surface area contributed by atoms with Gasteiger partial charge in [0.05, 0.1) is 5.70 Å². The number of rotatable bonds is 1. The maximum absolute atomic E-state index is 13.2. The zero-order chi connectivity index (χ0) is 17.0. The summed E-state index contributed by atoms with van der Waals surface area (Å²) in [4.78, 5) is 25.9. The number of fused-ring (bicyclic) bond motifs is 2. The second kappa shape index (κ2) is 5.28. The number of Topliss-reactive ketones (excluding diaryl/α,β-unsaturated/α-hetero) is 2. The Morgan fingerprint density at radius 3 is 2.32 bits per heavy atom. The van der Waals surface area contributed by atoms with E-state index in [-0.39, 0.29) is 17.5 Å². The van der Waals surface area contributed by atoms with Crippen LogP contribution in [0.15, 0.2) is 71.4 Å². The highest BCUT2D eigenvalue weighted by Gasteiger charge is 2.43. The second-order valence-corrected chi connectivity index (χ2v) is 6.80. The summed E-state index contributed by atoms with van der Waals surface area (Å²) in [7, 11) is 0. The van der Waals surface area contributed by atoms with Crippen LogP contribution in [0.25, 0.3) is 5.70 Å². The van der Waals surface area contributed by atoms with E-state index in [2.05, 4.69) is 5.32 Å². The molecule has 25 heavy (non-hydrogen) atoms. The van der Waals surface area contributed by atoms with E-state index >= 15 is 0 Å². The molecule has 122 valence electrons. The Kier molecular flexibility index (Phi) is 3.04. The largest absolute Gasteiger partial charge is 0.358 e. The molecule has 1 aliphatic heterocycles. The predicted molar refractivity (Wildman–Crippen MR) is 95.9 cm³/mol. The van der Waals surface area contributed by atoms with Crippen molar-refractivity contribution >= 4 is 17.3 Å². The van der Waals surface area contributed by atoms with Gasteiger partial charge in [-0.15, -0.1) is 0 Å². The first kappa shape index (κ1) is 14.4. The van der Waals surface area contributed by atoms with Crippen LogP contribution < -0.4 is 5.32 Å². The molecule has 0 saturated carbocycles. The molecule has 0 unspecified atom stereocenters. The van der Waals surface area contributed by atoms with Gasteiger partial charge in [-0.1, -0.05) is 54.6 Å². The van der Waals surface area contributed by atoms with Gasteiger partial charge >= 0.3 is 0 Å². The Bertz CT molecular complexity index is 982. The van der Waals surface area contributed by atoms with Gasteiger partial charge in [0.2, 0.25) is 0 Å². The van der Waals surface area contributed by atoms with Gasteiger partial charge in [-0.05, 0) is 18.4 Å². The van der Waals surface area contributed by atoms with Crippen molar-refractivity contribution in [2.24, 2.45) is 0 Å². The van der Waals surface area contributed by atoms with Crippen LogP contribution in [0.1, 0.15) is 46.7 Å². The van der Waals surface area contributed by atoms with E-state index in [1.165, 1.54) is 0 Å². The molecule has 0 amide bonds. The number of allylic oxidation sites excluding steroid dienone is 3. The summed E-state index contributed by atoms with van der Waals surface area (Å²) >= 11 is 0. The average molecular weight is 327 g/mol. The molecule has 0 aromatic heterocycles. The molecule has 3 nitrogen and oxygen atoms in total. The highest BCUT2D eigenvalue weighted by molar-refractivity contribution is 6.23. The number of carbonyl (C=O) groups is 2. The van der Waals surface area contributed by atoms with Crippen molar-refractivity contribution in [2.75, 3.05) is 0 Å². The van der Waals surface area contributed by atoms with Crippen molar-refractivity contribution < 1.29 is 9.59 Å². The molecule has 0 bridgehead atoms. The number of hydrogen-bond donors (Lipinski definition) is 1. The molecular formula is C22H17NO2. The maximum atomic E-state index is 13.2. The summed E-state index contributed by atoms with van der Waals surface area (Å²) in [5.41, 5.74) is 6.09. The van der Waals surface area contributed by atoms with Crippen LogP contribution in [0.3, 0.4) is 0 Å². The van der Waals surface area contributed by atoms with E-state index in [9.17, 15) is 9.59 Å². The fraction of sp³-hybridized carbons (Fsp3) is 0.182. The molecule has 1 N–H and O–H groups in total. The minimum absolute atomic E-state index is 0.0388. The monoisotopic (exact) mass is 327 g/mol. The van der Waals surface area contributed by atoms with Crippen molar-refractivity contribution in [3.63, 3.8) is 0 Å². The van der Waals surface area contributed by atoms with E-state index in [4.69, 9.17) is 0 Å². The van der Waals surface area contributed by atoms with Crippen molar-refractivity contribution in [3.8, 4) is 0 Å². The lowest BCUT2D eigenvalue weighted by atomic mass is 9.75. The topological polar surface area (TPSA) is 46.2 Å². The zero-order valence-electron chi connectivity index (χ0n) is 13.7.